The van der Waals surface area contributed by atoms with Crippen molar-refractivity contribution in [2.24, 2.45) is 0 Å². The van der Waals surface area contributed by atoms with Crippen LogP contribution in [0.15, 0.2) is 48.5 Å². The highest BCUT2D eigenvalue weighted by molar-refractivity contribution is 6.30. The molecule has 0 spiro atoms. The molecule has 0 aliphatic rings. The van der Waals surface area contributed by atoms with Gasteiger partial charge in [-0.1, -0.05) is 23.7 Å². The van der Waals surface area contributed by atoms with Crippen LogP contribution in [0.5, 0.6) is 0 Å². The highest BCUT2D eigenvalue weighted by Gasteiger charge is 2.12. The molecule has 28 heavy (non-hydrogen) atoms. The molecule has 1 aromatic heterocycles. The van der Waals surface area contributed by atoms with Gasteiger partial charge in [-0.25, -0.2) is 14.4 Å². The van der Waals surface area contributed by atoms with Crippen LogP contribution in [0.2, 0.25) is 5.02 Å². The lowest BCUT2D eigenvalue weighted by Gasteiger charge is -2.10. The van der Waals surface area contributed by atoms with Gasteiger partial charge in [0.2, 0.25) is 5.95 Å². The molecule has 0 atom stereocenters. The second kappa shape index (κ2) is 8.80. The van der Waals surface area contributed by atoms with Gasteiger partial charge >= 0.3 is 0 Å². The summed E-state index contributed by atoms with van der Waals surface area (Å²) in [5, 5.41) is 6.57. The van der Waals surface area contributed by atoms with Crippen LogP contribution in [-0.2, 0) is 6.42 Å². The predicted octanol–water partition coefficient (Wildman–Crippen LogP) is 4.79. The molecule has 1 heterocycles. The summed E-state index contributed by atoms with van der Waals surface area (Å²) in [5.41, 5.74) is 3.49. The van der Waals surface area contributed by atoms with Crippen LogP contribution in [0.4, 0.5) is 16.0 Å². The molecule has 2 aromatic carbocycles. The lowest BCUT2D eigenvalue weighted by atomic mass is 10.1. The SMILES string of the molecule is Cc1cc(C(=O)Nc2ccc(Cl)cc2C)nc(NCCc2ccc(F)cc2)n1. The Morgan fingerprint density at radius 1 is 1.07 bits per heavy atom. The number of rotatable bonds is 6. The predicted molar refractivity (Wildman–Crippen MR) is 110 cm³/mol. The number of aryl methyl sites for hydroxylation is 2. The second-order valence-corrected chi connectivity index (χ2v) is 6.87. The van der Waals surface area contributed by atoms with Crippen LogP contribution in [0.25, 0.3) is 0 Å². The van der Waals surface area contributed by atoms with E-state index >= 15 is 0 Å². The van der Waals surface area contributed by atoms with Gasteiger partial charge in [0.1, 0.15) is 11.5 Å². The Kier molecular flexibility index (Phi) is 6.21. The first-order valence-corrected chi connectivity index (χ1v) is 9.20. The number of aromatic nitrogens is 2. The smallest absolute Gasteiger partial charge is 0.274 e. The number of nitrogens with one attached hydrogen (secondary N) is 2. The van der Waals surface area contributed by atoms with Crippen molar-refractivity contribution in [2.45, 2.75) is 20.3 Å². The van der Waals surface area contributed by atoms with E-state index < -0.39 is 0 Å². The number of nitrogens with zero attached hydrogens (tertiary/aromatic N) is 2. The zero-order valence-electron chi connectivity index (χ0n) is 15.6. The van der Waals surface area contributed by atoms with Crippen molar-refractivity contribution in [3.8, 4) is 0 Å². The zero-order chi connectivity index (χ0) is 20.1. The summed E-state index contributed by atoms with van der Waals surface area (Å²) in [5.74, 6) is -0.206. The second-order valence-electron chi connectivity index (χ2n) is 6.43. The molecular formula is C21H20ClFN4O. The Morgan fingerprint density at radius 2 is 1.82 bits per heavy atom. The lowest BCUT2D eigenvalue weighted by Crippen LogP contribution is -2.17. The minimum absolute atomic E-state index is 0.259. The number of amides is 1. The third-order valence-corrected chi connectivity index (χ3v) is 4.37. The van der Waals surface area contributed by atoms with Gasteiger partial charge in [0.05, 0.1) is 0 Å². The van der Waals surface area contributed by atoms with Crippen molar-refractivity contribution in [3.63, 3.8) is 0 Å². The molecule has 0 aliphatic heterocycles. The first-order valence-electron chi connectivity index (χ1n) is 8.82. The fourth-order valence-corrected chi connectivity index (χ4v) is 2.91. The van der Waals surface area contributed by atoms with E-state index in [9.17, 15) is 9.18 Å². The van der Waals surface area contributed by atoms with Crippen molar-refractivity contribution in [3.05, 3.63) is 81.9 Å². The summed E-state index contributed by atoms with van der Waals surface area (Å²) in [7, 11) is 0. The van der Waals surface area contributed by atoms with E-state index in [2.05, 4.69) is 20.6 Å². The highest BCUT2D eigenvalue weighted by atomic mass is 35.5. The van der Waals surface area contributed by atoms with E-state index in [1.807, 2.05) is 6.92 Å². The van der Waals surface area contributed by atoms with Crippen molar-refractivity contribution in [2.75, 3.05) is 17.2 Å². The summed E-state index contributed by atoms with van der Waals surface area (Å²) < 4.78 is 13.0. The van der Waals surface area contributed by atoms with Crippen molar-refractivity contribution in [1.29, 1.82) is 0 Å². The zero-order valence-corrected chi connectivity index (χ0v) is 16.3. The fourth-order valence-electron chi connectivity index (χ4n) is 2.69. The average Bonchev–Trinajstić information content (AvgIpc) is 2.65. The van der Waals surface area contributed by atoms with Crippen molar-refractivity contribution in [1.82, 2.24) is 9.97 Å². The van der Waals surface area contributed by atoms with Crippen LogP contribution in [0.3, 0.4) is 0 Å². The number of hydrogen-bond donors (Lipinski definition) is 2. The Bertz CT molecular complexity index is 992. The Morgan fingerprint density at radius 3 is 2.54 bits per heavy atom. The standard InChI is InChI=1S/C21H20ClFN4O/c1-13-11-16(22)5-8-18(13)26-20(28)19-12-14(2)25-21(27-19)24-10-9-15-3-6-17(23)7-4-15/h3-8,11-12H,9-10H2,1-2H3,(H,26,28)(H,24,25,27). The van der Waals surface area contributed by atoms with Gasteiger partial charge in [-0.15, -0.1) is 0 Å². The summed E-state index contributed by atoms with van der Waals surface area (Å²) in [6, 6.07) is 13.2. The molecule has 0 radical (unpaired) electrons. The van der Waals surface area contributed by atoms with Crippen LogP contribution in [0, 0.1) is 19.7 Å². The molecule has 3 aromatic rings. The number of carbonyl (C=O) groups excluding carboxylic acids is 1. The van der Waals surface area contributed by atoms with E-state index in [0.29, 0.717) is 35.3 Å². The summed E-state index contributed by atoms with van der Waals surface area (Å²) in [6.07, 6.45) is 0.684. The molecule has 0 saturated carbocycles. The Labute approximate surface area is 168 Å². The molecule has 0 aliphatic carbocycles. The third-order valence-electron chi connectivity index (χ3n) is 4.13. The molecule has 3 rings (SSSR count). The molecule has 0 unspecified atom stereocenters. The number of halogens is 2. The highest BCUT2D eigenvalue weighted by Crippen LogP contribution is 2.20. The fraction of sp³-hybridized carbons (Fsp3) is 0.190. The maximum atomic E-state index is 13.0. The minimum atomic E-state index is -0.322. The van der Waals surface area contributed by atoms with E-state index in [0.717, 1.165) is 11.1 Å². The first kappa shape index (κ1) is 19.8. The van der Waals surface area contributed by atoms with E-state index in [1.165, 1.54) is 12.1 Å². The van der Waals surface area contributed by atoms with Gasteiger partial charge in [0.15, 0.2) is 0 Å². The molecule has 0 saturated heterocycles. The maximum Gasteiger partial charge on any atom is 0.274 e. The minimum Gasteiger partial charge on any atom is -0.354 e. The summed E-state index contributed by atoms with van der Waals surface area (Å²) in [4.78, 5) is 21.2. The maximum absolute atomic E-state index is 13.0. The van der Waals surface area contributed by atoms with Gasteiger partial charge in [0, 0.05) is 22.9 Å². The average molecular weight is 399 g/mol. The molecule has 1 amide bonds. The molecule has 0 fully saturated rings. The molecule has 5 nitrogen and oxygen atoms in total. The normalized spacial score (nSPS) is 10.6. The van der Waals surface area contributed by atoms with Crippen LogP contribution < -0.4 is 10.6 Å². The number of benzene rings is 2. The van der Waals surface area contributed by atoms with Crippen LogP contribution in [0.1, 0.15) is 27.3 Å². The summed E-state index contributed by atoms with van der Waals surface area (Å²) in [6.45, 7) is 4.23. The largest absolute Gasteiger partial charge is 0.354 e. The topological polar surface area (TPSA) is 66.9 Å². The Balaban J connectivity index is 1.66. The number of hydrogen-bond acceptors (Lipinski definition) is 4. The number of anilines is 2. The molecule has 0 bridgehead atoms. The quantitative estimate of drug-likeness (QED) is 0.626. The van der Waals surface area contributed by atoms with Crippen molar-refractivity contribution >= 4 is 29.1 Å². The van der Waals surface area contributed by atoms with E-state index in [1.54, 1.807) is 43.3 Å². The van der Waals surface area contributed by atoms with Crippen LogP contribution >= 0.6 is 11.6 Å². The third kappa shape index (κ3) is 5.27. The van der Waals surface area contributed by atoms with Gasteiger partial charge in [-0.3, -0.25) is 4.79 Å². The van der Waals surface area contributed by atoms with E-state index in [-0.39, 0.29) is 17.4 Å². The van der Waals surface area contributed by atoms with Crippen molar-refractivity contribution < 1.29 is 9.18 Å². The van der Waals surface area contributed by atoms with E-state index in [4.69, 9.17) is 11.6 Å². The number of carbonyl (C=O) groups is 1. The summed E-state index contributed by atoms with van der Waals surface area (Å²) >= 11 is 5.95. The van der Waals surface area contributed by atoms with Crippen LogP contribution in [-0.4, -0.2) is 22.4 Å². The monoisotopic (exact) mass is 398 g/mol. The first-order chi connectivity index (χ1) is 13.4. The molecule has 2 N–H and O–H groups in total. The molecular weight excluding hydrogens is 379 g/mol. The molecule has 7 heteroatoms. The van der Waals surface area contributed by atoms with Gasteiger partial charge in [0.25, 0.3) is 5.91 Å². The molecule has 144 valence electrons. The van der Waals surface area contributed by atoms with Gasteiger partial charge < -0.3 is 10.6 Å². The Hall–Kier alpha value is -2.99. The van der Waals surface area contributed by atoms with Gasteiger partial charge in [-0.2, -0.15) is 0 Å². The lowest BCUT2D eigenvalue weighted by molar-refractivity contribution is 0.102. The van der Waals surface area contributed by atoms with Gasteiger partial charge in [-0.05, 0) is 67.8 Å².